The second-order valence-electron chi connectivity index (χ2n) is 7.05. The van der Waals surface area contributed by atoms with Gasteiger partial charge in [0.15, 0.2) is 17.3 Å². The number of aromatic nitrogens is 1. The average molecular weight is 438 g/mol. The van der Waals surface area contributed by atoms with E-state index >= 15 is 0 Å². The molecule has 2 heterocycles. The molecule has 9 heteroatoms. The third-order valence-electron chi connectivity index (χ3n) is 5.15. The first-order valence-electron chi connectivity index (χ1n) is 9.58. The van der Waals surface area contributed by atoms with Crippen LogP contribution in [0.5, 0.6) is 11.5 Å². The number of rotatable bonds is 5. The largest absolute Gasteiger partial charge is 0.507 e. The maximum absolute atomic E-state index is 13.4. The lowest BCUT2D eigenvalue weighted by molar-refractivity contribution is -0.132. The first kappa shape index (κ1) is 21.1. The molecule has 3 aromatic rings. The molecular formula is C23H19FN2O6. The van der Waals surface area contributed by atoms with Crippen molar-refractivity contribution in [3.63, 3.8) is 0 Å². The number of aryl methyl sites for hydroxylation is 1. The summed E-state index contributed by atoms with van der Waals surface area (Å²) < 4.78 is 29.4. The number of Topliss-reactive ketones (excluding diaryl/α,β-unsaturated/α-hetero) is 1. The van der Waals surface area contributed by atoms with Gasteiger partial charge in [0.25, 0.3) is 5.78 Å². The number of nitrogens with zero attached hydrogens (tertiary/aromatic N) is 2. The molecule has 2 aromatic carbocycles. The van der Waals surface area contributed by atoms with Gasteiger partial charge < -0.3 is 19.1 Å². The number of carbonyl (C=O) groups excluding carboxylic acids is 2. The summed E-state index contributed by atoms with van der Waals surface area (Å²) in [4.78, 5) is 27.3. The van der Waals surface area contributed by atoms with E-state index in [1.54, 1.807) is 25.1 Å². The minimum absolute atomic E-state index is 0.0950. The molecule has 164 valence electrons. The van der Waals surface area contributed by atoms with Crippen LogP contribution < -0.4 is 14.4 Å². The quantitative estimate of drug-likeness (QED) is 0.368. The number of aliphatic hydroxyl groups is 1. The lowest BCUT2D eigenvalue weighted by atomic mass is 9.94. The number of hydrogen-bond acceptors (Lipinski definition) is 7. The van der Waals surface area contributed by atoms with Crippen LogP contribution in [0.3, 0.4) is 0 Å². The molecule has 1 aromatic heterocycles. The molecule has 0 aliphatic carbocycles. The van der Waals surface area contributed by atoms with E-state index in [0.29, 0.717) is 17.1 Å². The van der Waals surface area contributed by atoms with Gasteiger partial charge in [0.05, 0.1) is 19.8 Å². The van der Waals surface area contributed by atoms with Crippen molar-refractivity contribution in [2.24, 2.45) is 0 Å². The Kier molecular flexibility index (Phi) is 5.40. The minimum atomic E-state index is -1.10. The van der Waals surface area contributed by atoms with Crippen molar-refractivity contribution in [3.8, 4) is 11.5 Å². The van der Waals surface area contributed by atoms with Crippen molar-refractivity contribution >= 4 is 23.3 Å². The Morgan fingerprint density at radius 3 is 2.44 bits per heavy atom. The fourth-order valence-electron chi connectivity index (χ4n) is 3.72. The molecule has 1 saturated heterocycles. The predicted octanol–water partition coefficient (Wildman–Crippen LogP) is 3.77. The molecule has 1 fully saturated rings. The molecule has 1 amide bonds. The van der Waals surface area contributed by atoms with Gasteiger partial charge in [-0.25, -0.2) is 4.39 Å². The van der Waals surface area contributed by atoms with E-state index in [-0.39, 0.29) is 22.7 Å². The van der Waals surface area contributed by atoms with Gasteiger partial charge in [-0.3, -0.25) is 14.5 Å². The minimum Gasteiger partial charge on any atom is -0.507 e. The molecule has 1 atom stereocenters. The lowest BCUT2D eigenvalue weighted by Gasteiger charge is -2.25. The first-order valence-corrected chi connectivity index (χ1v) is 9.58. The maximum atomic E-state index is 13.4. The number of methoxy groups -OCH3 is 2. The van der Waals surface area contributed by atoms with E-state index in [9.17, 15) is 19.1 Å². The molecule has 1 aliphatic rings. The van der Waals surface area contributed by atoms with Gasteiger partial charge in [0.1, 0.15) is 23.4 Å². The van der Waals surface area contributed by atoms with Gasteiger partial charge >= 0.3 is 5.91 Å². The van der Waals surface area contributed by atoms with Crippen LogP contribution in [0.1, 0.15) is 22.9 Å². The number of aliphatic hydroxyl groups excluding tert-OH is 1. The first-order chi connectivity index (χ1) is 15.4. The Morgan fingerprint density at radius 2 is 1.84 bits per heavy atom. The smallest absolute Gasteiger partial charge is 0.301 e. The van der Waals surface area contributed by atoms with E-state index < -0.39 is 29.3 Å². The Bertz CT molecular complexity index is 1230. The van der Waals surface area contributed by atoms with E-state index in [4.69, 9.17) is 14.0 Å². The Morgan fingerprint density at radius 1 is 1.12 bits per heavy atom. The monoisotopic (exact) mass is 438 g/mol. The standard InChI is InChI=1S/C23H19FN2O6/c1-12-11-17(25-32-12)26-19(15-5-4-6-16(30-2)22(15)31-3)18(21(28)23(26)29)20(27)13-7-9-14(24)10-8-13/h4-11,19,27H,1-3H3. The van der Waals surface area contributed by atoms with Crippen LogP contribution in [0.2, 0.25) is 0 Å². The number of para-hydroxylation sites is 1. The van der Waals surface area contributed by atoms with Crippen molar-refractivity contribution in [1.82, 2.24) is 5.16 Å². The van der Waals surface area contributed by atoms with Crippen molar-refractivity contribution in [3.05, 3.63) is 76.8 Å². The fourth-order valence-corrected chi connectivity index (χ4v) is 3.72. The molecule has 4 rings (SSSR count). The van der Waals surface area contributed by atoms with Crippen molar-refractivity contribution in [2.75, 3.05) is 19.1 Å². The average Bonchev–Trinajstić information content (AvgIpc) is 3.33. The van der Waals surface area contributed by atoms with Gasteiger partial charge in [-0.2, -0.15) is 0 Å². The Labute approximate surface area is 182 Å². The summed E-state index contributed by atoms with van der Waals surface area (Å²) >= 11 is 0. The van der Waals surface area contributed by atoms with E-state index in [1.807, 2.05) is 0 Å². The van der Waals surface area contributed by atoms with Gasteiger partial charge in [-0.05, 0) is 37.3 Å². The zero-order valence-corrected chi connectivity index (χ0v) is 17.5. The van der Waals surface area contributed by atoms with Crippen molar-refractivity contribution in [2.45, 2.75) is 13.0 Å². The van der Waals surface area contributed by atoms with Crippen LogP contribution in [0.25, 0.3) is 5.76 Å². The SMILES string of the molecule is COc1cccc(C2C(=C(O)c3ccc(F)cc3)C(=O)C(=O)N2c2cc(C)on2)c1OC. The summed E-state index contributed by atoms with van der Waals surface area (Å²) in [6, 6.07) is 10.3. The Balaban J connectivity index is 2.01. The summed E-state index contributed by atoms with van der Waals surface area (Å²) in [5.41, 5.74) is 0.358. The van der Waals surface area contributed by atoms with Gasteiger partial charge in [-0.1, -0.05) is 17.3 Å². The highest BCUT2D eigenvalue weighted by Crippen LogP contribution is 2.46. The molecule has 0 spiro atoms. The molecule has 1 unspecified atom stereocenters. The number of hydrogen-bond donors (Lipinski definition) is 1. The molecule has 1 aliphatic heterocycles. The normalized spacial score (nSPS) is 17.6. The van der Waals surface area contributed by atoms with E-state index in [0.717, 1.165) is 17.0 Å². The number of halogens is 1. The number of anilines is 1. The summed E-state index contributed by atoms with van der Waals surface area (Å²) in [6.07, 6.45) is 0. The molecule has 1 N–H and O–H groups in total. The number of ketones is 1. The topological polar surface area (TPSA) is 102 Å². The third kappa shape index (κ3) is 3.37. The highest BCUT2D eigenvalue weighted by molar-refractivity contribution is 6.51. The number of amides is 1. The third-order valence-corrected chi connectivity index (χ3v) is 5.15. The highest BCUT2D eigenvalue weighted by atomic mass is 19.1. The molecule has 8 nitrogen and oxygen atoms in total. The zero-order chi connectivity index (χ0) is 23.0. The molecular weight excluding hydrogens is 419 g/mol. The van der Waals surface area contributed by atoms with Crippen LogP contribution in [0.4, 0.5) is 10.2 Å². The van der Waals surface area contributed by atoms with Crippen molar-refractivity contribution < 1.29 is 33.1 Å². The van der Waals surface area contributed by atoms with Crippen LogP contribution >= 0.6 is 0 Å². The fraction of sp³-hybridized carbons (Fsp3) is 0.174. The molecule has 32 heavy (non-hydrogen) atoms. The van der Waals surface area contributed by atoms with Crippen LogP contribution in [-0.2, 0) is 9.59 Å². The van der Waals surface area contributed by atoms with Gasteiger partial charge in [-0.15, -0.1) is 0 Å². The summed E-state index contributed by atoms with van der Waals surface area (Å²) in [6.45, 7) is 1.65. The van der Waals surface area contributed by atoms with Crippen molar-refractivity contribution in [1.29, 1.82) is 0 Å². The lowest BCUT2D eigenvalue weighted by Crippen LogP contribution is -2.30. The summed E-state index contributed by atoms with van der Waals surface area (Å²) in [5, 5.41) is 14.9. The summed E-state index contributed by atoms with van der Waals surface area (Å²) in [5.74, 6) is -1.63. The predicted molar refractivity (Wildman–Crippen MR) is 112 cm³/mol. The van der Waals surface area contributed by atoms with Crippen LogP contribution in [0, 0.1) is 12.7 Å². The van der Waals surface area contributed by atoms with Gasteiger partial charge in [0.2, 0.25) is 0 Å². The van der Waals surface area contributed by atoms with E-state index in [1.165, 1.54) is 32.4 Å². The number of carbonyl (C=O) groups is 2. The zero-order valence-electron chi connectivity index (χ0n) is 17.5. The van der Waals surface area contributed by atoms with E-state index in [2.05, 4.69) is 5.16 Å². The highest BCUT2D eigenvalue weighted by Gasteiger charge is 2.49. The number of ether oxygens (including phenoxy) is 2. The van der Waals surface area contributed by atoms with Crippen LogP contribution in [-0.4, -0.2) is 36.2 Å². The molecule has 0 bridgehead atoms. The molecule has 0 saturated carbocycles. The summed E-state index contributed by atoms with van der Waals surface area (Å²) in [7, 11) is 2.88. The van der Waals surface area contributed by atoms with Gasteiger partial charge in [0, 0.05) is 17.2 Å². The Hall–Kier alpha value is -4.14. The second-order valence-corrected chi connectivity index (χ2v) is 7.05. The second kappa shape index (κ2) is 8.18. The van der Waals surface area contributed by atoms with Crippen LogP contribution in [0.15, 0.2) is 58.6 Å². The number of benzene rings is 2. The molecule has 0 radical (unpaired) electrons. The maximum Gasteiger partial charge on any atom is 0.301 e.